The molecule has 1 unspecified atom stereocenters. The summed E-state index contributed by atoms with van der Waals surface area (Å²) in [5.74, 6) is -0.956. The molecule has 0 amide bonds. The van der Waals surface area contributed by atoms with E-state index in [1.165, 1.54) is 51.4 Å². The summed E-state index contributed by atoms with van der Waals surface area (Å²) in [6, 6.07) is 0. The lowest BCUT2D eigenvalue weighted by Gasteiger charge is -2.18. The van der Waals surface area contributed by atoms with E-state index < -0.39 is 6.10 Å². The fraction of sp³-hybridized carbons (Fsp3) is 0.592. The standard InChI is InChI=1S/C76H120O6/c1-4-7-10-13-16-19-22-24-26-28-30-31-32-33-34-35-36-37-38-39-40-41-42-43-44-45-47-48-50-52-54-57-60-63-66-69-75(78)81-72-73(71-80-74(77)68-65-62-59-56-21-18-15-12-9-6-3)82-76(79)70-67-64-61-58-55-53-51-49-46-29-27-25-23-20-17-14-11-8-5-2/h7,10,12,15-17,19-20,24-27,30-31,33-34,36-37,39-40,42-43,45-47,49-50,52,73H,4-6,8-9,11,13-14,18,21-23,28-29,32,35,38,41,44,48,51,53-72H2,1-3H3/b10-7-,15-12-,19-16-,20-17-,26-24-,27-25-,31-30-,34-33-,37-36-,40-39-,43-42-,47-45-,49-46-,52-50-. The van der Waals surface area contributed by atoms with Crippen LogP contribution in [0.5, 0.6) is 0 Å². The zero-order valence-electron chi connectivity index (χ0n) is 52.7. The highest BCUT2D eigenvalue weighted by Gasteiger charge is 2.19. The SMILES string of the molecule is CC/C=C\C/C=C\C/C=C\C/C=C\C/C=C\C/C=C\C/C=C\C/C=C\C/C=C\C/C=C\CCCCCCC(=O)OCC(COC(=O)CCCCCCC/C=C\CCC)OC(=O)CCCCCCCC/C=C\C/C=C\C/C=C\CCCCC. The summed E-state index contributed by atoms with van der Waals surface area (Å²) in [5.41, 5.74) is 0. The fourth-order valence-electron chi connectivity index (χ4n) is 8.48. The lowest BCUT2D eigenvalue weighted by atomic mass is 10.1. The van der Waals surface area contributed by atoms with Crippen molar-refractivity contribution in [3.8, 4) is 0 Å². The normalized spacial score (nSPS) is 13.3. The van der Waals surface area contributed by atoms with E-state index in [0.717, 1.165) is 180 Å². The number of unbranched alkanes of at least 4 members (excludes halogenated alkanes) is 19. The molecule has 460 valence electrons. The molecule has 0 radical (unpaired) electrons. The number of hydrogen-bond acceptors (Lipinski definition) is 6. The Morgan fingerprint density at radius 3 is 0.805 bits per heavy atom. The Labute approximate surface area is 504 Å². The molecule has 0 aromatic heterocycles. The second kappa shape index (κ2) is 68.3. The summed E-state index contributed by atoms with van der Waals surface area (Å²) < 4.78 is 16.8. The van der Waals surface area contributed by atoms with Crippen molar-refractivity contribution < 1.29 is 28.6 Å². The van der Waals surface area contributed by atoms with Crippen molar-refractivity contribution in [2.45, 2.75) is 277 Å². The Morgan fingerprint density at radius 2 is 0.500 bits per heavy atom. The van der Waals surface area contributed by atoms with Gasteiger partial charge in [-0.25, -0.2) is 0 Å². The Balaban J connectivity index is 4.32. The van der Waals surface area contributed by atoms with Crippen LogP contribution in [-0.2, 0) is 28.6 Å². The number of hydrogen-bond donors (Lipinski definition) is 0. The van der Waals surface area contributed by atoms with Crippen LogP contribution in [-0.4, -0.2) is 37.2 Å². The van der Waals surface area contributed by atoms with Gasteiger partial charge in [0, 0.05) is 19.3 Å². The first-order chi connectivity index (χ1) is 40.5. The minimum absolute atomic E-state index is 0.102. The zero-order chi connectivity index (χ0) is 59.2. The van der Waals surface area contributed by atoms with Gasteiger partial charge in [0.1, 0.15) is 13.2 Å². The van der Waals surface area contributed by atoms with E-state index in [0.29, 0.717) is 19.3 Å². The first kappa shape index (κ1) is 76.8. The topological polar surface area (TPSA) is 78.9 Å². The molecule has 0 aromatic carbocycles. The average molecular weight is 1130 g/mol. The molecule has 0 saturated carbocycles. The van der Waals surface area contributed by atoms with Crippen molar-refractivity contribution in [1.82, 2.24) is 0 Å². The second-order valence-corrected chi connectivity index (χ2v) is 21.3. The van der Waals surface area contributed by atoms with Gasteiger partial charge < -0.3 is 14.2 Å². The van der Waals surface area contributed by atoms with Crippen LogP contribution >= 0.6 is 0 Å². The van der Waals surface area contributed by atoms with Crippen LogP contribution in [0.3, 0.4) is 0 Å². The zero-order valence-corrected chi connectivity index (χ0v) is 52.7. The summed E-state index contributed by atoms with van der Waals surface area (Å²) in [7, 11) is 0. The van der Waals surface area contributed by atoms with E-state index in [4.69, 9.17) is 14.2 Å². The Kier molecular flexibility index (Phi) is 63.9. The number of carbonyl (C=O) groups is 3. The van der Waals surface area contributed by atoms with Crippen molar-refractivity contribution in [3.05, 3.63) is 170 Å². The maximum Gasteiger partial charge on any atom is 0.306 e. The van der Waals surface area contributed by atoms with Gasteiger partial charge in [0.25, 0.3) is 0 Å². The molecule has 0 aromatic rings. The van der Waals surface area contributed by atoms with Crippen LogP contribution in [0.15, 0.2) is 170 Å². The molecule has 0 bridgehead atoms. The smallest absolute Gasteiger partial charge is 0.306 e. The highest BCUT2D eigenvalue weighted by molar-refractivity contribution is 5.71. The Morgan fingerprint density at radius 1 is 0.256 bits per heavy atom. The van der Waals surface area contributed by atoms with Crippen LogP contribution in [0.1, 0.15) is 271 Å². The summed E-state index contributed by atoms with van der Waals surface area (Å²) in [4.78, 5) is 38.2. The molecule has 0 saturated heterocycles. The summed E-state index contributed by atoms with van der Waals surface area (Å²) in [5, 5.41) is 0. The molecule has 6 nitrogen and oxygen atoms in total. The Hall–Kier alpha value is -5.23. The summed E-state index contributed by atoms with van der Waals surface area (Å²) >= 11 is 0. The fourth-order valence-corrected chi connectivity index (χ4v) is 8.48. The monoisotopic (exact) mass is 1130 g/mol. The van der Waals surface area contributed by atoms with Gasteiger partial charge in [-0.2, -0.15) is 0 Å². The molecule has 82 heavy (non-hydrogen) atoms. The maximum atomic E-state index is 12.9. The molecule has 6 heteroatoms. The molecule has 0 N–H and O–H groups in total. The summed E-state index contributed by atoms with van der Waals surface area (Å²) in [6.07, 6.45) is 101. The number of allylic oxidation sites excluding steroid dienone is 28. The third-order valence-electron chi connectivity index (χ3n) is 13.4. The van der Waals surface area contributed by atoms with Crippen molar-refractivity contribution in [3.63, 3.8) is 0 Å². The highest BCUT2D eigenvalue weighted by Crippen LogP contribution is 2.14. The third kappa shape index (κ3) is 65.6. The van der Waals surface area contributed by atoms with Crippen molar-refractivity contribution in [2.24, 2.45) is 0 Å². The van der Waals surface area contributed by atoms with Gasteiger partial charge in [0.15, 0.2) is 6.10 Å². The van der Waals surface area contributed by atoms with Gasteiger partial charge in [-0.1, -0.05) is 268 Å². The molecular weight excluding hydrogens is 1010 g/mol. The van der Waals surface area contributed by atoms with Crippen LogP contribution in [0.25, 0.3) is 0 Å². The van der Waals surface area contributed by atoms with Crippen molar-refractivity contribution in [2.75, 3.05) is 13.2 Å². The van der Waals surface area contributed by atoms with E-state index in [1.807, 2.05) is 0 Å². The molecule has 0 heterocycles. The number of ether oxygens (including phenoxy) is 3. The van der Waals surface area contributed by atoms with Crippen LogP contribution in [0, 0.1) is 0 Å². The maximum absolute atomic E-state index is 12.9. The van der Waals surface area contributed by atoms with Gasteiger partial charge in [0.2, 0.25) is 0 Å². The van der Waals surface area contributed by atoms with Crippen molar-refractivity contribution >= 4 is 17.9 Å². The second-order valence-electron chi connectivity index (χ2n) is 21.3. The highest BCUT2D eigenvalue weighted by atomic mass is 16.6. The quantitative estimate of drug-likeness (QED) is 0.0261. The van der Waals surface area contributed by atoms with E-state index in [-0.39, 0.29) is 31.1 Å². The van der Waals surface area contributed by atoms with E-state index in [1.54, 1.807) is 0 Å². The predicted octanol–water partition coefficient (Wildman–Crippen LogP) is 23.0. The number of carbonyl (C=O) groups excluding carboxylic acids is 3. The first-order valence-electron chi connectivity index (χ1n) is 33.1. The van der Waals surface area contributed by atoms with Gasteiger partial charge in [-0.15, -0.1) is 0 Å². The molecule has 0 spiro atoms. The lowest BCUT2D eigenvalue weighted by molar-refractivity contribution is -0.167. The van der Waals surface area contributed by atoms with Crippen LogP contribution < -0.4 is 0 Å². The minimum Gasteiger partial charge on any atom is -0.462 e. The molecular formula is C76H120O6. The molecule has 1 atom stereocenters. The number of esters is 3. The van der Waals surface area contributed by atoms with Gasteiger partial charge >= 0.3 is 17.9 Å². The average Bonchev–Trinajstić information content (AvgIpc) is 3.48. The molecule has 0 rings (SSSR count). The molecule has 0 aliphatic carbocycles. The molecule has 0 aliphatic heterocycles. The summed E-state index contributed by atoms with van der Waals surface area (Å²) in [6.45, 7) is 6.39. The van der Waals surface area contributed by atoms with Gasteiger partial charge in [0.05, 0.1) is 0 Å². The lowest BCUT2D eigenvalue weighted by Crippen LogP contribution is -2.30. The largest absolute Gasteiger partial charge is 0.462 e. The number of rotatable bonds is 58. The van der Waals surface area contributed by atoms with E-state index in [2.05, 4.69) is 191 Å². The van der Waals surface area contributed by atoms with E-state index >= 15 is 0 Å². The first-order valence-corrected chi connectivity index (χ1v) is 33.1. The van der Waals surface area contributed by atoms with Crippen molar-refractivity contribution in [1.29, 1.82) is 0 Å². The van der Waals surface area contributed by atoms with Gasteiger partial charge in [-0.05, 0) is 154 Å². The third-order valence-corrected chi connectivity index (χ3v) is 13.4. The van der Waals surface area contributed by atoms with E-state index in [9.17, 15) is 14.4 Å². The van der Waals surface area contributed by atoms with Gasteiger partial charge in [-0.3, -0.25) is 14.4 Å². The Bertz CT molecular complexity index is 1870. The minimum atomic E-state index is -0.807. The van der Waals surface area contributed by atoms with Crippen LogP contribution in [0.4, 0.5) is 0 Å². The van der Waals surface area contributed by atoms with Crippen LogP contribution in [0.2, 0.25) is 0 Å². The predicted molar refractivity (Wildman–Crippen MR) is 357 cm³/mol. The molecule has 0 fully saturated rings. The molecule has 0 aliphatic rings.